The second kappa shape index (κ2) is 6.48. The molecule has 0 fully saturated rings. The molecule has 2 aromatic heterocycles. The van der Waals surface area contributed by atoms with E-state index in [0.717, 1.165) is 12.8 Å². The van der Waals surface area contributed by atoms with Crippen LogP contribution in [0.15, 0.2) is 9.59 Å². The van der Waals surface area contributed by atoms with E-state index in [-0.39, 0.29) is 17.3 Å². The van der Waals surface area contributed by atoms with Crippen LogP contribution in [0.1, 0.15) is 39.4 Å². The van der Waals surface area contributed by atoms with Crippen LogP contribution in [0, 0.1) is 6.92 Å². The van der Waals surface area contributed by atoms with E-state index in [1.807, 2.05) is 25.3 Å². The Morgan fingerprint density at radius 2 is 1.82 bits per heavy atom. The molecule has 2 N–H and O–H groups in total. The third-order valence-electron chi connectivity index (χ3n) is 4.01. The third-order valence-corrected chi connectivity index (χ3v) is 4.01. The van der Waals surface area contributed by atoms with Crippen LogP contribution in [-0.4, -0.2) is 24.7 Å². The number of hydrogen-bond donors (Lipinski definition) is 1. The average Bonchev–Trinajstić information content (AvgIpc) is 2.81. The Kier molecular flexibility index (Phi) is 4.85. The van der Waals surface area contributed by atoms with Crippen LogP contribution in [0.2, 0.25) is 0 Å². The SMILES string of the molecule is CCCn1c(=O)n(CC)c(=O)c2c1nc(C)n2CC(N)CC. The van der Waals surface area contributed by atoms with Crippen molar-refractivity contribution in [1.82, 2.24) is 18.7 Å². The van der Waals surface area contributed by atoms with Crippen LogP contribution in [0.5, 0.6) is 0 Å². The summed E-state index contributed by atoms with van der Waals surface area (Å²) in [5.41, 5.74) is 6.44. The molecule has 0 aromatic carbocycles. The van der Waals surface area contributed by atoms with E-state index in [4.69, 9.17) is 5.73 Å². The van der Waals surface area contributed by atoms with Gasteiger partial charge in [0.25, 0.3) is 5.56 Å². The molecule has 0 saturated carbocycles. The maximum atomic E-state index is 12.7. The van der Waals surface area contributed by atoms with Crippen molar-refractivity contribution in [2.24, 2.45) is 5.73 Å². The molecular formula is C15H25N5O2. The highest BCUT2D eigenvalue weighted by Gasteiger charge is 2.19. The summed E-state index contributed by atoms with van der Waals surface area (Å²) in [7, 11) is 0. The fourth-order valence-electron chi connectivity index (χ4n) is 2.69. The van der Waals surface area contributed by atoms with Gasteiger partial charge in [0.15, 0.2) is 11.2 Å². The molecule has 0 bridgehead atoms. The van der Waals surface area contributed by atoms with Gasteiger partial charge >= 0.3 is 5.69 Å². The summed E-state index contributed by atoms with van der Waals surface area (Å²) in [6, 6.07) is -0.0443. The third kappa shape index (κ3) is 2.61. The number of hydrogen-bond acceptors (Lipinski definition) is 4. The maximum Gasteiger partial charge on any atom is 0.332 e. The summed E-state index contributed by atoms with van der Waals surface area (Å²) in [6.45, 7) is 9.08. The van der Waals surface area contributed by atoms with Crippen molar-refractivity contribution in [3.05, 3.63) is 26.7 Å². The fourth-order valence-corrected chi connectivity index (χ4v) is 2.69. The summed E-state index contributed by atoms with van der Waals surface area (Å²) in [4.78, 5) is 29.6. The van der Waals surface area contributed by atoms with E-state index in [0.29, 0.717) is 36.6 Å². The van der Waals surface area contributed by atoms with Gasteiger partial charge in [0, 0.05) is 25.7 Å². The molecule has 1 atom stereocenters. The number of aromatic nitrogens is 4. The lowest BCUT2D eigenvalue weighted by Crippen LogP contribution is -2.40. The van der Waals surface area contributed by atoms with Gasteiger partial charge in [-0.25, -0.2) is 9.78 Å². The molecule has 7 heteroatoms. The highest BCUT2D eigenvalue weighted by molar-refractivity contribution is 5.71. The number of imidazole rings is 1. The Morgan fingerprint density at radius 3 is 2.36 bits per heavy atom. The molecule has 0 spiro atoms. The molecule has 0 aliphatic heterocycles. The zero-order valence-corrected chi connectivity index (χ0v) is 13.8. The first-order valence-electron chi connectivity index (χ1n) is 7.92. The molecule has 7 nitrogen and oxygen atoms in total. The van der Waals surface area contributed by atoms with Gasteiger partial charge < -0.3 is 10.3 Å². The summed E-state index contributed by atoms with van der Waals surface area (Å²) in [6.07, 6.45) is 1.62. The normalized spacial score (nSPS) is 13.0. The molecule has 0 saturated heterocycles. The van der Waals surface area contributed by atoms with Gasteiger partial charge in [-0.3, -0.25) is 13.9 Å². The number of aryl methyl sites for hydroxylation is 2. The molecule has 2 heterocycles. The van der Waals surface area contributed by atoms with Gasteiger partial charge in [0.1, 0.15) is 5.82 Å². The van der Waals surface area contributed by atoms with Crippen LogP contribution in [0.25, 0.3) is 11.2 Å². The average molecular weight is 307 g/mol. The van der Waals surface area contributed by atoms with Gasteiger partial charge in [-0.15, -0.1) is 0 Å². The predicted octanol–water partition coefficient (Wildman–Crippen LogP) is 0.835. The van der Waals surface area contributed by atoms with E-state index in [1.165, 1.54) is 4.57 Å². The molecule has 2 aromatic rings. The lowest BCUT2D eigenvalue weighted by atomic mass is 10.2. The van der Waals surface area contributed by atoms with Crippen LogP contribution in [0.4, 0.5) is 0 Å². The quantitative estimate of drug-likeness (QED) is 0.856. The van der Waals surface area contributed by atoms with E-state index in [9.17, 15) is 9.59 Å². The van der Waals surface area contributed by atoms with Gasteiger partial charge in [-0.1, -0.05) is 13.8 Å². The monoisotopic (exact) mass is 307 g/mol. The minimum Gasteiger partial charge on any atom is -0.326 e. The molecule has 122 valence electrons. The van der Waals surface area contributed by atoms with Crippen molar-refractivity contribution in [2.45, 2.75) is 66.2 Å². The molecule has 0 radical (unpaired) electrons. The van der Waals surface area contributed by atoms with E-state index in [1.54, 1.807) is 11.5 Å². The summed E-state index contributed by atoms with van der Waals surface area (Å²) < 4.78 is 4.72. The van der Waals surface area contributed by atoms with Crippen LogP contribution in [0.3, 0.4) is 0 Å². The minimum absolute atomic E-state index is 0.0443. The molecule has 1 unspecified atom stereocenters. The van der Waals surface area contributed by atoms with Crippen molar-refractivity contribution in [3.8, 4) is 0 Å². The lowest BCUT2D eigenvalue weighted by molar-refractivity contribution is 0.534. The molecule has 0 amide bonds. The predicted molar refractivity (Wildman–Crippen MR) is 87.2 cm³/mol. The Morgan fingerprint density at radius 1 is 1.14 bits per heavy atom. The zero-order valence-electron chi connectivity index (χ0n) is 13.8. The largest absolute Gasteiger partial charge is 0.332 e. The first-order chi connectivity index (χ1) is 10.5. The number of nitrogens with two attached hydrogens (primary N) is 1. The van der Waals surface area contributed by atoms with Crippen molar-refractivity contribution >= 4 is 11.2 Å². The Labute approximate surface area is 129 Å². The van der Waals surface area contributed by atoms with Crippen LogP contribution in [-0.2, 0) is 19.6 Å². The second-order valence-corrected chi connectivity index (χ2v) is 5.59. The second-order valence-electron chi connectivity index (χ2n) is 5.59. The number of fused-ring (bicyclic) bond motifs is 1. The summed E-state index contributed by atoms with van der Waals surface area (Å²) >= 11 is 0. The zero-order chi connectivity index (χ0) is 16.4. The van der Waals surface area contributed by atoms with E-state index >= 15 is 0 Å². The van der Waals surface area contributed by atoms with Crippen molar-refractivity contribution in [2.75, 3.05) is 0 Å². The van der Waals surface area contributed by atoms with Gasteiger partial charge in [0.2, 0.25) is 0 Å². The summed E-state index contributed by atoms with van der Waals surface area (Å²) in [5.74, 6) is 0.717. The van der Waals surface area contributed by atoms with Gasteiger partial charge in [-0.05, 0) is 26.7 Å². The highest BCUT2D eigenvalue weighted by atomic mass is 16.2. The maximum absolute atomic E-state index is 12.7. The van der Waals surface area contributed by atoms with Crippen molar-refractivity contribution in [3.63, 3.8) is 0 Å². The number of nitrogens with zero attached hydrogens (tertiary/aromatic N) is 4. The molecule has 2 rings (SSSR count). The first-order valence-corrected chi connectivity index (χ1v) is 7.92. The van der Waals surface area contributed by atoms with E-state index < -0.39 is 0 Å². The van der Waals surface area contributed by atoms with Crippen molar-refractivity contribution in [1.29, 1.82) is 0 Å². The van der Waals surface area contributed by atoms with E-state index in [2.05, 4.69) is 4.98 Å². The molecule has 0 aliphatic carbocycles. The standard InChI is InChI=1S/C15H25N5O2/c1-5-8-19-13-12(14(21)18(7-3)15(19)22)20(10(4)17-13)9-11(16)6-2/h11H,5-9,16H2,1-4H3. The van der Waals surface area contributed by atoms with Gasteiger partial charge in [-0.2, -0.15) is 0 Å². The fraction of sp³-hybridized carbons (Fsp3) is 0.667. The van der Waals surface area contributed by atoms with Crippen LogP contribution < -0.4 is 17.0 Å². The van der Waals surface area contributed by atoms with Crippen molar-refractivity contribution < 1.29 is 0 Å². The lowest BCUT2D eigenvalue weighted by Gasteiger charge is -2.13. The molecule has 0 aliphatic rings. The molecular weight excluding hydrogens is 282 g/mol. The van der Waals surface area contributed by atoms with Crippen LogP contribution >= 0.6 is 0 Å². The Bertz CT molecular complexity index is 784. The number of rotatable bonds is 6. The first kappa shape index (κ1) is 16.5. The Balaban J connectivity index is 2.85. The molecule has 22 heavy (non-hydrogen) atoms. The highest BCUT2D eigenvalue weighted by Crippen LogP contribution is 2.12. The Hall–Kier alpha value is -1.89. The topological polar surface area (TPSA) is 87.8 Å². The minimum atomic E-state index is -0.286. The summed E-state index contributed by atoms with van der Waals surface area (Å²) in [5, 5.41) is 0. The smallest absolute Gasteiger partial charge is 0.326 e. The van der Waals surface area contributed by atoms with Gasteiger partial charge in [0.05, 0.1) is 0 Å².